The van der Waals surface area contributed by atoms with Gasteiger partial charge >= 0.3 is 0 Å². The van der Waals surface area contributed by atoms with Crippen LogP contribution < -0.4 is 4.74 Å². The van der Waals surface area contributed by atoms with Crippen molar-refractivity contribution in [1.82, 2.24) is 0 Å². The van der Waals surface area contributed by atoms with Crippen LogP contribution in [0.5, 0.6) is 11.5 Å². The van der Waals surface area contributed by atoms with Crippen molar-refractivity contribution in [3.05, 3.63) is 60.7 Å². The number of hydrogen-bond acceptors (Lipinski definition) is 5. The van der Waals surface area contributed by atoms with Crippen molar-refractivity contribution in [3.63, 3.8) is 0 Å². The van der Waals surface area contributed by atoms with Gasteiger partial charge in [-0.2, -0.15) is 16.8 Å². The van der Waals surface area contributed by atoms with E-state index < -0.39 is 20.2 Å². The Morgan fingerprint density at radius 1 is 0.528 bits per heavy atom. The third-order valence-corrected chi connectivity index (χ3v) is 4.43. The maximum atomic E-state index is 9.19. The second kappa shape index (κ2) is 23.5. The van der Waals surface area contributed by atoms with Crippen LogP contribution in [-0.2, 0) is 20.2 Å². The number of para-hydroxylation sites is 2. The molecule has 0 spiro atoms. The molecule has 208 valence electrons. The number of rotatable bonds is 12. The van der Waals surface area contributed by atoms with Gasteiger partial charge in [0.1, 0.15) is 11.5 Å². The molecule has 2 N–H and O–H groups in total. The van der Waals surface area contributed by atoms with Gasteiger partial charge in [-0.25, -0.2) is 0 Å². The van der Waals surface area contributed by atoms with Crippen molar-refractivity contribution in [1.29, 1.82) is 0 Å². The molecule has 0 heterocycles. The number of ether oxygens (including phenoxy) is 1. The standard InChI is InChI=1S/C13H28.C12H10O.2CH4O3S/c1-3-5-7-9-11-13-12-10-8-6-4-2;1-3-7-11(8-4-1)13-12-9-5-2-6-10-12;2*1-5(2,3)4/h3-13H2,1-2H3;1-10H;2*1H3,(H,2,3,4). The Hall–Kier alpha value is -1.94. The molecule has 0 unspecified atom stereocenters. The van der Waals surface area contributed by atoms with Crippen LogP contribution in [0.1, 0.15) is 84.5 Å². The third kappa shape index (κ3) is 39.3. The summed E-state index contributed by atoms with van der Waals surface area (Å²) in [6.45, 7) is 4.56. The zero-order valence-electron chi connectivity index (χ0n) is 22.3. The molecule has 7 nitrogen and oxygen atoms in total. The molecule has 0 bridgehead atoms. The van der Waals surface area contributed by atoms with Crippen LogP contribution in [0.3, 0.4) is 0 Å². The highest BCUT2D eigenvalue weighted by molar-refractivity contribution is 7.85. The van der Waals surface area contributed by atoms with Crippen molar-refractivity contribution in [2.45, 2.75) is 84.5 Å². The molecule has 0 aliphatic carbocycles. The van der Waals surface area contributed by atoms with Gasteiger partial charge in [-0.3, -0.25) is 9.11 Å². The molecule has 0 aromatic heterocycles. The van der Waals surface area contributed by atoms with Crippen molar-refractivity contribution in [3.8, 4) is 11.5 Å². The quantitative estimate of drug-likeness (QED) is 0.206. The van der Waals surface area contributed by atoms with E-state index in [1.54, 1.807) is 0 Å². The monoisotopic (exact) mass is 546 g/mol. The fraction of sp³-hybridized carbons (Fsp3) is 0.556. The highest BCUT2D eigenvalue weighted by Crippen LogP contribution is 2.19. The summed E-state index contributed by atoms with van der Waals surface area (Å²) in [7, 11) is -7.33. The van der Waals surface area contributed by atoms with E-state index >= 15 is 0 Å². The second-order valence-corrected chi connectivity index (χ2v) is 11.3. The molecule has 0 atom stereocenters. The highest BCUT2D eigenvalue weighted by atomic mass is 32.2. The van der Waals surface area contributed by atoms with Gasteiger partial charge in [-0.1, -0.05) is 121 Å². The molecule has 2 aromatic rings. The largest absolute Gasteiger partial charge is 0.457 e. The van der Waals surface area contributed by atoms with E-state index in [1.807, 2.05) is 60.7 Å². The SMILES string of the molecule is CCCCCCCCCCCCC.CS(=O)(=O)O.CS(=O)(=O)O.c1ccc(Oc2ccccc2)cc1. The maximum absolute atomic E-state index is 9.19. The lowest BCUT2D eigenvalue weighted by molar-refractivity contribution is 0.482. The Bertz CT molecular complexity index is 837. The van der Waals surface area contributed by atoms with Gasteiger partial charge in [-0.15, -0.1) is 0 Å². The number of unbranched alkanes of at least 4 members (excludes halogenated alkanes) is 10. The van der Waals surface area contributed by atoms with E-state index in [0.29, 0.717) is 12.5 Å². The van der Waals surface area contributed by atoms with Crippen molar-refractivity contribution >= 4 is 20.2 Å². The van der Waals surface area contributed by atoms with Gasteiger partial charge in [0.2, 0.25) is 0 Å². The first-order valence-corrected chi connectivity index (χ1v) is 16.2. The van der Waals surface area contributed by atoms with E-state index in [0.717, 1.165) is 11.5 Å². The Morgan fingerprint density at radius 2 is 0.750 bits per heavy atom. The predicted octanol–water partition coefficient (Wildman–Crippen LogP) is 7.80. The van der Waals surface area contributed by atoms with Crippen LogP contribution in [-0.4, -0.2) is 38.5 Å². The Kier molecular flexibility index (Phi) is 23.6. The summed E-state index contributed by atoms with van der Waals surface area (Å²) in [5, 5.41) is 0. The van der Waals surface area contributed by atoms with Crippen LogP contribution in [0.4, 0.5) is 0 Å². The highest BCUT2D eigenvalue weighted by Gasteiger charge is 1.93. The van der Waals surface area contributed by atoms with Crippen molar-refractivity contribution < 1.29 is 30.7 Å². The first-order valence-electron chi connectivity index (χ1n) is 12.5. The molecule has 0 radical (unpaired) electrons. The molecule has 0 fully saturated rings. The number of benzene rings is 2. The lowest BCUT2D eigenvalue weighted by Crippen LogP contribution is -1.88. The maximum Gasteiger partial charge on any atom is 0.261 e. The first-order chi connectivity index (χ1) is 16.9. The van der Waals surface area contributed by atoms with E-state index in [2.05, 4.69) is 13.8 Å². The third-order valence-electron chi connectivity index (χ3n) is 4.43. The molecule has 0 saturated heterocycles. The average molecular weight is 547 g/mol. The minimum atomic E-state index is -3.67. The molecule has 2 rings (SSSR count). The van der Waals surface area contributed by atoms with E-state index in [4.69, 9.17) is 13.8 Å². The van der Waals surface area contributed by atoms with Gasteiger partial charge in [0.25, 0.3) is 20.2 Å². The van der Waals surface area contributed by atoms with Gasteiger partial charge < -0.3 is 4.74 Å². The summed E-state index contributed by atoms with van der Waals surface area (Å²) in [4.78, 5) is 0. The predicted molar refractivity (Wildman–Crippen MR) is 150 cm³/mol. The van der Waals surface area contributed by atoms with Crippen LogP contribution in [0, 0.1) is 0 Å². The minimum absolute atomic E-state index is 0.715. The molecule has 36 heavy (non-hydrogen) atoms. The van der Waals surface area contributed by atoms with Gasteiger partial charge in [-0.05, 0) is 24.3 Å². The van der Waals surface area contributed by atoms with Crippen molar-refractivity contribution in [2.75, 3.05) is 12.5 Å². The normalized spacial score (nSPS) is 10.5. The fourth-order valence-corrected chi connectivity index (χ4v) is 2.85. The van der Waals surface area contributed by atoms with Crippen LogP contribution >= 0.6 is 0 Å². The summed E-state index contributed by atoms with van der Waals surface area (Å²) in [6.07, 6.45) is 17.4. The smallest absolute Gasteiger partial charge is 0.261 e. The van der Waals surface area contributed by atoms with Crippen LogP contribution in [0.2, 0.25) is 0 Å². The lowest BCUT2D eigenvalue weighted by atomic mass is 10.1. The summed E-state index contributed by atoms with van der Waals surface area (Å²) < 4.78 is 57.3. The molecule has 9 heteroatoms. The van der Waals surface area contributed by atoms with Crippen LogP contribution in [0.25, 0.3) is 0 Å². The van der Waals surface area contributed by atoms with E-state index in [1.165, 1.54) is 70.6 Å². The average Bonchev–Trinajstić information content (AvgIpc) is 2.78. The first kappa shape index (κ1) is 36.2. The summed E-state index contributed by atoms with van der Waals surface area (Å²) in [5.41, 5.74) is 0. The molecule has 0 saturated carbocycles. The fourth-order valence-electron chi connectivity index (χ4n) is 2.85. The summed E-state index contributed by atoms with van der Waals surface area (Å²) in [5.74, 6) is 1.74. The molecule has 0 amide bonds. The van der Waals surface area contributed by atoms with E-state index in [9.17, 15) is 16.8 Å². The van der Waals surface area contributed by atoms with Gasteiger partial charge in [0, 0.05) is 0 Å². The summed E-state index contributed by atoms with van der Waals surface area (Å²) in [6, 6.07) is 19.5. The Labute approximate surface area is 219 Å². The Balaban J connectivity index is 0. The van der Waals surface area contributed by atoms with Crippen LogP contribution in [0.15, 0.2) is 60.7 Å². The zero-order chi connectivity index (χ0) is 27.7. The molecular weight excluding hydrogens is 500 g/mol. The van der Waals surface area contributed by atoms with Crippen molar-refractivity contribution in [2.24, 2.45) is 0 Å². The minimum Gasteiger partial charge on any atom is -0.457 e. The second-order valence-electron chi connectivity index (χ2n) is 8.38. The van der Waals surface area contributed by atoms with E-state index in [-0.39, 0.29) is 0 Å². The summed E-state index contributed by atoms with van der Waals surface area (Å²) >= 11 is 0. The Morgan fingerprint density at radius 3 is 0.972 bits per heavy atom. The van der Waals surface area contributed by atoms with Gasteiger partial charge in [0.05, 0.1) is 12.5 Å². The molecule has 0 aliphatic rings. The topological polar surface area (TPSA) is 118 Å². The molecule has 0 aliphatic heterocycles. The zero-order valence-corrected chi connectivity index (χ0v) is 23.9. The molecular formula is C27H46O7S2. The number of hydrogen-bond donors (Lipinski definition) is 2. The lowest BCUT2D eigenvalue weighted by Gasteiger charge is -2.03. The van der Waals surface area contributed by atoms with Gasteiger partial charge in [0.15, 0.2) is 0 Å². The molecule has 2 aromatic carbocycles.